The Labute approximate surface area is 249 Å². The number of fused-ring (bicyclic) bond motifs is 1. The van der Waals surface area contributed by atoms with E-state index in [1.165, 1.54) is 15.3 Å². The van der Waals surface area contributed by atoms with Crippen LogP contribution in [0.1, 0.15) is 45.7 Å². The van der Waals surface area contributed by atoms with Crippen LogP contribution in [0.15, 0.2) is 23.1 Å². The molecule has 1 aromatic heterocycles. The van der Waals surface area contributed by atoms with Gasteiger partial charge in [-0.25, -0.2) is 8.42 Å². The van der Waals surface area contributed by atoms with Gasteiger partial charge in [0.25, 0.3) is 0 Å². The lowest BCUT2D eigenvalue weighted by atomic mass is 10.1. The number of rotatable bonds is 9. The van der Waals surface area contributed by atoms with E-state index in [4.69, 9.17) is 9.47 Å². The average molecular weight is 605 g/mol. The van der Waals surface area contributed by atoms with E-state index in [2.05, 4.69) is 22.9 Å². The smallest absolute Gasteiger partial charge is 0.248 e. The molecule has 2 aromatic rings. The van der Waals surface area contributed by atoms with Crippen molar-refractivity contribution in [2.24, 2.45) is 0 Å². The van der Waals surface area contributed by atoms with Gasteiger partial charge in [-0.1, -0.05) is 6.42 Å². The molecule has 0 N–H and O–H groups in total. The van der Waals surface area contributed by atoms with Gasteiger partial charge in [-0.3, -0.25) is 9.69 Å². The number of aryl methyl sites for hydroxylation is 2. The highest BCUT2D eigenvalue weighted by molar-refractivity contribution is 7.89. The predicted molar refractivity (Wildman–Crippen MR) is 161 cm³/mol. The third-order valence-electron chi connectivity index (χ3n) is 8.59. The zero-order valence-electron chi connectivity index (χ0n) is 24.9. The number of likely N-dealkylation sites (N-methyl/N-ethyl adjacent to an activating group) is 1. The van der Waals surface area contributed by atoms with Crippen molar-refractivity contribution in [1.82, 2.24) is 19.0 Å². The highest BCUT2D eigenvalue weighted by Crippen LogP contribution is 2.32. The molecule has 0 bridgehead atoms. The number of amides is 1. The molecule has 1 amide bonds. The molecule has 0 saturated carbocycles. The van der Waals surface area contributed by atoms with E-state index in [9.17, 15) is 13.2 Å². The summed E-state index contributed by atoms with van der Waals surface area (Å²) in [7, 11) is 0.0398. The number of hydrogen-bond acceptors (Lipinski definition) is 8. The van der Waals surface area contributed by atoms with Gasteiger partial charge in [-0.2, -0.15) is 4.31 Å². The Morgan fingerprint density at radius 1 is 1.02 bits per heavy atom. The minimum absolute atomic E-state index is 0.0292. The van der Waals surface area contributed by atoms with Crippen LogP contribution in [-0.2, 0) is 39.1 Å². The number of benzene rings is 1. The summed E-state index contributed by atoms with van der Waals surface area (Å²) in [5.74, 6) is 0.615. The topological polar surface area (TPSA) is 82.6 Å². The van der Waals surface area contributed by atoms with E-state index in [1.807, 2.05) is 30.1 Å². The second kappa shape index (κ2) is 13.1. The molecule has 3 aliphatic heterocycles. The van der Waals surface area contributed by atoms with E-state index in [1.54, 1.807) is 23.5 Å². The maximum atomic E-state index is 13.8. The molecule has 5 rings (SSSR count). The summed E-state index contributed by atoms with van der Waals surface area (Å²) < 4.78 is 40.4. The van der Waals surface area contributed by atoms with Gasteiger partial charge < -0.3 is 19.3 Å². The summed E-state index contributed by atoms with van der Waals surface area (Å²) >= 11 is 1.89. The molecule has 4 heterocycles. The number of ether oxygens (including phenoxy) is 2. The minimum Gasteiger partial charge on any atom is -0.497 e. The highest BCUT2D eigenvalue weighted by Gasteiger charge is 2.36. The number of piperazine rings is 1. The number of methoxy groups -OCH3 is 1. The van der Waals surface area contributed by atoms with Crippen molar-refractivity contribution >= 4 is 27.3 Å². The van der Waals surface area contributed by atoms with E-state index in [0.717, 1.165) is 58.4 Å². The molecule has 3 aliphatic rings. The monoisotopic (exact) mass is 604 g/mol. The highest BCUT2D eigenvalue weighted by atomic mass is 32.2. The first-order chi connectivity index (χ1) is 19.7. The molecule has 1 aromatic carbocycles. The van der Waals surface area contributed by atoms with Crippen LogP contribution in [-0.4, -0.2) is 106 Å². The zero-order chi connectivity index (χ0) is 29.1. The Balaban J connectivity index is 1.16. The quantitative estimate of drug-likeness (QED) is 0.435. The van der Waals surface area contributed by atoms with Crippen LogP contribution in [0.5, 0.6) is 5.75 Å². The SMILES string of the molecule is COc1cc(C)c(S(=O)(=O)N2CCCCC2COCC(=O)N2CCc3sc(CN4CCN(C)CC4)cc3C2)c(C)c1. The molecule has 11 heteroatoms. The summed E-state index contributed by atoms with van der Waals surface area (Å²) in [5.41, 5.74) is 2.60. The van der Waals surface area contributed by atoms with Gasteiger partial charge in [0.1, 0.15) is 12.4 Å². The molecule has 1 unspecified atom stereocenters. The number of carbonyl (C=O) groups excluding carboxylic acids is 1. The van der Waals surface area contributed by atoms with Crippen molar-refractivity contribution in [3.8, 4) is 5.75 Å². The summed E-state index contributed by atoms with van der Waals surface area (Å²) in [4.78, 5) is 23.0. The maximum absolute atomic E-state index is 13.8. The molecular formula is C30H44N4O5S2. The summed E-state index contributed by atoms with van der Waals surface area (Å²) in [6.07, 6.45) is 3.36. The lowest BCUT2D eigenvalue weighted by Gasteiger charge is -2.35. The van der Waals surface area contributed by atoms with Crippen LogP contribution < -0.4 is 4.74 Å². The second-order valence-corrected chi connectivity index (χ2v) is 14.7. The van der Waals surface area contributed by atoms with Crippen LogP contribution in [0, 0.1) is 13.8 Å². The Morgan fingerprint density at radius 2 is 1.76 bits per heavy atom. The largest absolute Gasteiger partial charge is 0.497 e. The van der Waals surface area contributed by atoms with Crippen molar-refractivity contribution in [2.75, 3.05) is 66.6 Å². The predicted octanol–water partition coefficient (Wildman–Crippen LogP) is 3.27. The summed E-state index contributed by atoms with van der Waals surface area (Å²) in [6.45, 7) is 11.0. The van der Waals surface area contributed by atoms with Crippen molar-refractivity contribution in [3.63, 3.8) is 0 Å². The van der Waals surface area contributed by atoms with Gasteiger partial charge in [0.15, 0.2) is 0 Å². The Bertz CT molecular complexity index is 1310. The number of thiophene rings is 1. The van der Waals surface area contributed by atoms with Crippen molar-refractivity contribution in [2.45, 2.75) is 63.6 Å². The molecule has 41 heavy (non-hydrogen) atoms. The van der Waals surface area contributed by atoms with E-state index in [0.29, 0.717) is 41.4 Å². The standard InChI is InChI=1S/C30H44N4O5S2/c1-22-15-26(38-4)16-23(2)30(22)41(36,37)34-9-6-5-7-25(34)20-39-21-29(35)33-10-8-28-24(18-33)17-27(40-28)19-32-13-11-31(3)12-14-32/h15-17,25H,5-14,18-21H2,1-4H3. The van der Waals surface area contributed by atoms with Crippen molar-refractivity contribution in [1.29, 1.82) is 0 Å². The van der Waals surface area contributed by atoms with Crippen LogP contribution in [0.4, 0.5) is 0 Å². The second-order valence-electron chi connectivity index (χ2n) is 11.7. The zero-order valence-corrected chi connectivity index (χ0v) is 26.5. The van der Waals surface area contributed by atoms with Crippen LogP contribution in [0.2, 0.25) is 0 Å². The van der Waals surface area contributed by atoms with Gasteiger partial charge in [-0.05, 0) is 75.0 Å². The van der Waals surface area contributed by atoms with Gasteiger partial charge in [-0.15, -0.1) is 11.3 Å². The first-order valence-electron chi connectivity index (χ1n) is 14.7. The van der Waals surface area contributed by atoms with E-state index < -0.39 is 10.0 Å². The number of sulfonamides is 1. The number of nitrogens with zero attached hydrogens (tertiary/aromatic N) is 4. The first kappa shape index (κ1) is 30.4. The lowest BCUT2D eigenvalue weighted by molar-refractivity contribution is -0.137. The fourth-order valence-corrected chi connectivity index (χ4v) is 9.60. The summed E-state index contributed by atoms with van der Waals surface area (Å²) in [5, 5.41) is 0. The fraction of sp³-hybridized carbons (Fsp3) is 0.633. The molecule has 9 nitrogen and oxygen atoms in total. The summed E-state index contributed by atoms with van der Waals surface area (Å²) in [6, 6.07) is 5.53. The lowest BCUT2D eigenvalue weighted by Crippen LogP contribution is -2.47. The average Bonchev–Trinajstić information content (AvgIpc) is 3.35. The van der Waals surface area contributed by atoms with Gasteiger partial charge in [0.05, 0.1) is 18.6 Å². The fourth-order valence-electron chi connectivity index (χ4n) is 6.29. The third kappa shape index (κ3) is 6.97. The van der Waals surface area contributed by atoms with E-state index >= 15 is 0 Å². The van der Waals surface area contributed by atoms with Gasteiger partial charge in [0, 0.05) is 68.2 Å². The molecule has 0 aliphatic carbocycles. The molecule has 226 valence electrons. The Hall–Kier alpha value is -2.02. The van der Waals surface area contributed by atoms with Crippen molar-refractivity contribution < 1.29 is 22.7 Å². The van der Waals surface area contributed by atoms with Gasteiger partial charge in [0.2, 0.25) is 15.9 Å². The Kier molecular flexibility index (Phi) is 9.72. The van der Waals surface area contributed by atoms with Gasteiger partial charge >= 0.3 is 0 Å². The maximum Gasteiger partial charge on any atom is 0.248 e. The number of piperidine rings is 1. The normalized spacial score (nSPS) is 21.2. The molecule has 2 saturated heterocycles. The van der Waals surface area contributed by atoms with Crippen molar-refractivity contribution in [3.05, 3.63) is 44.6 Å². The molecule has 0 spiro atoms. The number of hydrogen-bond donors (Lipinski definition) is 0. The first-order valence-corrected chi connectivity index (χ1v) is 17.0. The minimum atomic E-state index is -3.72. The van der Waals surface area contributed by atoms with Crippen LogP contribution in [0.25, 0.3) is 0 Å². The van der Waals surface area contributed by atoms with Crippen LogP contribution >= 0.6 is 11.3 Å². The molecule has 1 atom stereocenters. The van der Waals surface area contributed by atoms with E-state index in [-0.39, 0.29) is 25.2 Å². The number of carbonyl (C=O) groups is 1. The molecular weight excluding hydrogens is 560 g/mol. The van der Waals surface area contributed by atoms with Crippen LogP contribution in [0.3, 0.4) is 0 Å². The molecule has 0 radical (unpaired) electrons. The third-order valence-corrected chi connectivity index (χ3v) is 12.1. The Morgan fingerprint density at radius 3 is 2.46 bits per heavy atom. The molecule has 2 fully saturated rings.